The summed E-state index contributed by atoms with van der Waals surface area (Å²) in [5, 5.41) is 64.6. The summed E-state index contributed by atoms with van der Waals surface area (Å²) in [7, 11) is 0. The molecule has 1 saturated heterocycles. The Morgan fingerprint density at radius 3 is 1.53 bits per heavy atom. The summed E-state index contributed by atoms with van der Waals surface area (Å²) in [5.74, 6) is -0.624. The van der Waals surface area contributed by atoms with Gasteiger partial charge in [-0.1, -0.05) is 199 Å². The third kappa shape index (κ3) is 27.9. The molecule has 57 heavy (non-hydrogen) atoms. The zero-order valence-corrected chi connectivity index (χ0v) is 36.5. The largest absolute Gasteiger partial charge is 0.394 e. The molecule has 1 amide bonds. The van der Waals surface area contributed by atoms with Gasteiger partial charge in [0.05, 0.1) is 25.4 Å². The first-order valence-electron chi connectivity index (χ1n) is 23.7. The van der Waals surface area contributed by atoms with E-state index in [2.05, 4.69) is 31.3 Å². The summed E-state index contributed by atoms with van der Waals surface area (Å²) in [6, 6.07) is -0.992. The molecular formula is C47H89NO9. The molecular weight excluding hydrogens is 723 g/mol. The van der Waals surface area contributed by atoms with Crippen molar-refractivity contribution < 1.29 is 44.9 Å². The highest BCUT2D eigenvalue weighted by Gasteiger charge is 2.44. The number of hydrogen-bond acceptors (Lipinski definition) is 9. The normalized spacial score (nSPS) is 21.7. The van der Waals surface area contributed by atoms with Crippen molar-refractivity contribution >= 4 is 5.91 Å². The number of hydrogen-bond donors (Lipinski definition) is 7. The van der Waals surface area contributed by atoms with Gasteiger partial charge in [-0.05, 0) is 32.1 Å². The van der Waals surface area contributed by atoms with E-state index in [-0.39, 0.29) is 6.61 Å². The number of ether oxygens (including phenoxy) is 2. The number of unbranched alkanes of at least 4 members (excludes halogenated alkanes) is 26. The number of carbonyl (C=O) groups excluding carboxylic acids is 1. The van der Waals surface area contributed by atoms with Crippen LogP contribution in [-0.4, -0.2) is 98.7 Å². The van der Waals surface area contributed by atoms with Gasteiger partial charge in [-0.3, -0.25) is 4.79 Å². The van der Waals surface area contributed by atoms with E-state index in [1.165, 1.54) is 141 Å². The summed E-state index contributed by atoms with van der Waals surface area (Å²) in [6.45, 7) is 3.58. The molecule has 0 radical (unpaired) electrons. The number of rotatable bonds is 39. The molecule has 10 nitrogen and oxygen atoms in total. The van der Waals surface area contributed by atoms with Crippen LogP contribution < -0.4 is 5.32 Å². The van der Waals surface area contributed by atoms with E-state index >= 15 is 0 Å². The van der Waals surface area contributed by atoms with Crippen molar-refractivity contribution in [3.8, 4) is 0 Å². The van der Waals surface area contributed by atoms with Crippen LogP contribution in [0.2, 0.25) is 0 Å². The van der Waals surface area contributed by atoms with Crippen molar-refractivity contribution in [3.63, 3.8) is 0 Å². The van der Waals surface area contributed by atoms with E-state index in [0.29, 0.717) is 19.3 Å². The molecule has 1 rings (SSSR count). The van der Waals surface area contributed by atoms with Crippen LogP contribution in [0.25, 0.3) is 0 Å². The van der Waals surface area contributed by atoms with Gasteiger partial charge in [0.2, 0.25) is 5.91 Å². The summed E-state index contributed by atoms with van der Waals surface area (Å²) in [6.07, 6.45) is 34.1. The Balaban J connectivity index is 2.38. The number of carbonyl (C=O) groups is 1. The molecule has 7 N–H and O–H groups in total. The molecule has 0 aromatic heterocycles. The fourth-order valence-electron chi connectivity index (χ4n) is 7.47. The van der Waals surface area contributed by atoms with Gasteiger partial charge in [-0.2, -0.15) is 0 Å². The topological polar surface area (TPSA) is 169 Å². The second-order valence-electron chi connectivity index (χ2n) is 16.7. The Labute approximate surface area is 348 Å². The number of aliphatic hydroxyl groups excluding tert-OH is 6. The van der Waals surface area contributed by atoms with Crippen LogP contribution in [0, 0.1) is 0 Å². The van der Waals surface area contributed by atoms with Gasteiger partial charge in [-0.25, -0.2) is 0 Å². The quantitative estimate of drug-likeness (QED) is 0.0237. The summed E-state index contributed by atoms with van der Waals surface area (Å²) >= 11 is 0. The molecule has 1 heterocycles. The average Bonchev–Trinajstić information content (AvgIpc) is 3.21. The number of allylic oxidation sites excluding steroid dienone is 3. The van der Waals surface area contributed by atoms with E-state index < -0.39 is 61.5 Å². The number of amides is 1. The van der Waals surface area contributed by atoms with Gasteiger partial charge in [0.15, 0.2) is 6.29 Å². The van der Waals surface area contributed by atoms with E-state index in [9.17, 15) is 35.4 Å². The maximum atomic E-state index is 13.0. The maximum absolute atomic E-state index is 13.0. The van der Waals surface area contributed by atoms with Crippen molar-refractivity contribution in [2.45, 2.75) is 255 Å². The van der Waals surface area contributed by atoms with Gasteiger partial charge in [0, 0.05) is 0 Å². The lowest BCUT2D eigenvalue weighted by molar-refractivity contribution is -0.302. The predicted octanol–water partition coefficient (Wildman–Crippen LogP) is 8.86. The summed E-state index contributed by atoms with van der Waals surface area (Å²) in [5.41, 5.74) is 0. The van der Waals surface area contributed by atoms with Crippen molar-refractivity contribution in [2.75, 3.05) is 13.2 Å². The predicted molar refractivity (Wildman–Crippen MR) is 232 cm³/mol. The monoisotopic (exact) mass is 812 g/mol. The molecule has 0 saturated carbocycles. The highest BCUT2D eigenvalue weighted by atomic mass is 16.7. The molecule has 8 unspecified atom stereocenters. The van der Waals surface area contributed by atoms with Gasteiger partial charge in [0.1, 0.15) is 30.5 Å². The van der Waals surface area contributed by atoms with Crippen LogP contribution in [0.4, 0.5) is 0 Å². The van der Waals surface area contributed by atoms with Crippen LogP contribution >= 0.6 is 0 Å². The summed E-state index contributed by atoms with van der Waals surface area (Å²) in [4.78, 5) is 13.0. The molecule has 0 aromatic carbocycles. The molecule has 0 aliphatic carbocycles. The first-order chi connectivity index (χ1) is 27.8. The zero-order chi connectivity index (χ0) is 41.8. The van der Waals surface area contributed by atoms with Crippen LogP contribution in [-0.2, 0) is 14.3 Å². The third-order valence-electron chi connectivity index (χ3n) is 11.4. The molecule has 0 aromatic rings. The SMILES string of the molecule is CCCCCCCCC/C=C/CC/C=C/C(O)C(COC1OC(CO)C(O)C(O)C1O)NC(=O)C(O)CCCCCCCCCCCCCCCCCCCCC. The third-order valence-corrected chi connectivity index (χ3v) is 11.4. The van der Waals surface area contributed by atoms with Crippen LogP contribution in [0.3, 0.4) is 0 Å². The lowest BCUT2D eigenvalue weighted by Crippen LogP contribution is -2.60. The Morgan fingerprint density at radius 1 is 0.596 bits per heavy atom. The maximum Gasteiger partial charge on any atom is 0.249 e. The minimum atomic E-state index is -1.61. The van der Waals surface area contributed by atoms with E-state index in [0.717, 1.165) is 32.1 Å². The summed E-state index contributed by atoms with van der Waals surface area (Å²) < 4.78 is 11.1. The molecule has 1 aliphatic rings. The van der Waals surface area contributed by atoms with E-state index in [1.54, 1.807) is 6.08 Å². The van der Waals surface area contributed by atoms with Crippen LogP contribution in [0.5, 0.6) is 0 Å². The molecule has 0 spiro atoms. The second-order valence-corrected chi connectivity index (χ2v) is 16.7. The minimum Gasteiger partial charge on any atom is -0.394 e. The highest BCUT2D eigenvalue weighted by molar-refractivity contribution is 5.80. The highest BCUT2D eigenvalue weighted by Crippen LogP contribution is 2.23. The average molecular weight is 812 g/mol. The lowest BCUT2D eigenvalue weighted by atomic mass is 9.99. The number of aliphatic hydroxyl groups is 6. The Morgan fingerprint density at radius 2 is 1.04 bits per heavy atom. The fraction of sp³-hybridized carbons (Fsp3) is 0.894. The molecule has 1 aliphatic heterocycles. The molecule has 0 bridgehead atoms. The standard InChI is InChI=1S/C47H89NO9/c1-3-5-7-9-11-13-15-17-18-19-20-21-22-24-26-28-30-32-34-36-41(51)46(55)48-39(38-56-47-45(54)44(53)43(52)42(37-49)57-47)40(50)35-33-31-29-27-25-23-16-14-12-10-8-6-4-2/h25,27,33,35,39-45,47,49-54H,3-24,26,28-32,34,36-38H2,1-2H3,(H,48,55)/b27-25+,35-33+. The van der Waals surface area contributed by atoms with E-state index in [1.807, 2.05) is 6.08 Å². The van der Waals surface area contributed by atoms with Crippen molar-refractivity contribution in [1.82, 2.24) is 5.32 Å². The van der Waals surface area contributed by atoms with Crippen molar-refractivity contribution in [1.29, 1.82) is 0 Å². The second kappa shape index (κ2) is 37.6. The molecule has 336 valence electrons. The smallest absolute Gasteiger partial charge is 0.249 e. The van der Waals surface area contributed by atoms with Gasteiger partial charge < -0.3 is 45.4 Å². The lowest BCUT2D eigenvalue weighted by Gasteiger charge is -2.40. The molecule has 1 fully saturated rings. The fourth-order valence-corrected chi connectivity index (χ4v) is 7.47. The molecule has 8 atom stereocenters. The van der Waals surface area contributed by atoms with Gasteiger partial charge in [-0.15, -0.1) is 0 Å². The van der Waals surface area contributed by atoms with Gasteiger partial charge in [0.25, 0.3) is 0 Å². The Bertz CT molecular complexity index is 963. The Hall–Kier alpha value is -1.37. The minimum absolute atomic E-state index is 0.308. The van der Waals surface area contributed by atoms with Crippen LogP contribution in [0.15, 0.2) is 24.3 Å². The first kappa shape index (κ1) is 53.6. The Kier molecular flexibility index (Phi) is 35.4. The van der Waals surface area contributed by atoms with Crippen LogP contribution in [0.1, 0.15) is 206 Å². The number of nitrogens with one attached hydrogen (secondary N) is 1. The van der Waals surface area contributed by atoms with E-state index in [4.69, 9.17) is 9.47 Å². The first-order valence-corrected chi connectivity index (χ1v) is 23.7. The van der Waals surface area contributed by atoms with Crippen molar-refractivity contribution in [2.24, 2.45) is 0 Å². The molecule has 10 heteroatoms. The zero-order valence-electron chi connectivity index (χ0n) is 36.5. The van der Waals surface area contributed by atoms with Crippen molar-refractivity contribution in [3.05, 3.63) is 24.3 Å². The van der Waals surface area contributed by atoms with Gasteiger partial charge >= 0.3 is 0 Å².